The van der Waals surface area contributed by atoms with Crippen molar-refractivity contribution in [3.8, 4) is 0 Å². The van der Waals surface area contributed by atoms with Gasteiger partial charge in [0.25, 0.3) is 0 Å². The maximum atomic E-state index is 11.6. The van der Waals surface area contributed by atoms with Crippen LogP contribution in [0, 0.1) is 6.92 Å². The quantitative estimate of drug-likeness (QED) is 0.773. The fourth-order valence-corrected chi connectivity index (χ4v) is 4.01. The van der Waals surface area contributed by atoms with Gasteiger partial charge in [0.15, 0.2) is 0 Å². The Hall–Kier alpha value is -0.380. The van der Waals surface area contributed by atoms with Crippen molar-refractivity contribution in [2.45, 2.75) is 50.5 Å². The van der Waals surface area contributed by atoms with Crippen LogP contribution >= 0.6 is 10.7 Å². The maximum Gasteiger partial charge on any atom is 0.147 e. The van der Waals surface area contributed by atoms with Gasteiger partial charge >= 0.3 is 0 Å². The molecule has 0 radical (unpaired) electrons. The highest BCUT2D eigenvalue weighted by atomic mass is 35.7. The molecule has 1 aromatic carbocycles. The number of likely N-dealkylation sites (tertiary alicyclic amines) is 1. The fraction of sp³-hybridized carbons (Fsp3) is 0.600. The van der Waals surface area contributed by atoms with Crippen LogP contribution in [0.5, 0.6) is 0 Å². The molecule has 0 bridgehead atoms. The van der Waals surface area contributed by atoms with E-state index in [-0.39, 0.29) is 0 Å². The minimum atomic E-state index is -1.40. The van der Waals surface area contributed by atoms with Crippen molar-refractivity contribution in [2.75, 3.05) is 13.1 Å². The summed E-state index contributed by atoms with van der Waals surface area (Å²) in [5.41, 5.74) is 2.36. The third-order valence-corrected chi connectivity index (χ3v) is 5.28. The predicted molar refractivity (Wildman–Crippen MR) is 82.0 cm³/mol. The van der Waals surface area contributed by atoms with Crippen molar-refractivity contribution >= 4 is 20.7 Å². The summed E-state index contributed by atoms with van der Waals surface area (Å²) < 4.78 is 11.6. The summed E-state index contributed by atoms with van der Waals surface area (Å²) >= 11 is 0. The van der Waals surface area contributed by atoms with Crippen LogP contribution in [0.25, 0.3) is 0 Å². The lowest BCUT2D eigenvalue weighted by atomic mass is 10.0. The average molecular weight is 300 g/mol. The van der Waals surface area contributed by atoms with Crippen LogP contribution in [0.3, 0.4) is 0 Å². The first-order valence-corrected chi connectivity index (χ1v) is 9.01. The second-order valence-corrected chi connectivity index (χ2v) is 7.03. The van der Waals surface area contributed by atoms with E-state index in [2.05, 4.69) is 24.8 Å². The highest BCUT2D eigenvalue weighted by Crippen LogP contribution is 2.24. The highest BCUT2D eigenvalue weighted by Gasteiger charge is 2.23. The van der Waals surface area contributed by atoms with E-state index in [4.69, 9.17) is 10.7 Å². The van der Waals surface area contributed by atoms with Crippen molar-refractivity contribution in [1.82, 2.24) is 4.90 Å². The predicted octanol–water partition coefficient (Wildman–Crippen LogP) is 3.67. The summed E-state index contributed by atoms with van der Waals surface area (Å²) in [6.45, 7) is 6.65. The molecule has 0 saturated carbocycles. The Morgan fingerprint density at radius 1 is 1.47 bits per heavy atom. The molecule has 0 aromatic heterocycles. The molecular weight excluding hydrogens is 278 g/mol. The Morgan fingerprint density at radius 2 is 2.26 bits per heavy atom. The summed E-state index contributed by atoms with van der Waals surface area (Å²) in [5, 5.41) is 0. The summed E-state index contributed by atoms with van der Waals surface area (Å²) in [7, 11) is 4.37. The van der Waals surface area contributed by atoms with Crippen LogP contribution in [-0.2, 0) is 16.4 Å². The molecule has 1 heterocycles. The van der Waals surface area contributed by atoms with Gasteiger partial charge < -0.3 is 4.90 Å². The summed E-state index contributed by atoms with van der Waals surface area (Å²) in [6, 6.07) is 6.69. The zero-order valence-corrected chi connectivity index (χ0v) is 13.3. The lowest BCUT2D eigenvalue weighted by Crippen LogP contribution is -2.29. The van der Waals surface area contributed by atoms with E-state index in [1.165, 1.54) is 24.9 Å². The van der Waals surface area contributed by atoms with Gasteiger partial charge in [0.05, 0.1) is 4.90 Å². The van der Waals surface area contributed by atoms with E-state index in [1.807, 2.05) is 12.1 Å². The molecule has 4 heteroatoms. The Morgan fingerprint density at radius 3 is 2.95 bits per heavy atom. The van der Waals surface area contributed by atoms with Gasteiger partial charge in [-0.2, -0.15) is 0 Å². The summed E-state index contributed by atoms with van der Waals surface area (Å²) in [4.78, 5) is 3.33. The first kappa shape index (κ1) is 15.0. The summed E-state index contributed by atoms with van der Waals surface area (Å²) in [5.74, 6) is 0. The van der Waals surface area contributed by atoms with Crippen LogP contribution < -0.4 is 0 Å². The molecule has 0 aliphatic carbocycles. The molecule has 2 rings (SSSR count). The van der Waals surface area contributed by atoms with Gasteiger partial charge in [-0.3, -0.25) is 0 Å². The Balaban J connectivity index is 2.06. The molecule has 0 amide bonds. The van der Waals surface area contributed by atoms with Gasteiger partial charge in [-0.15, -0.1) is 0 Å². The molecular formula is C15H22ClNOS. The molecule has 2 nitrogen and oxygen atoms in total. The van der Waals surface area contributed by atoms with E-state index in [9.17, 15) is 4.21 Å². The number of halogens is 1. The number of hydrogen-bond acceptors (Lipinski definition) is 2. The average Bonchev–Trinajstić information content (AvgIpc) is 2.83. The highest BCUT2D eigenvalue weighted by molar-refractivity contribution is 8.08. The molecule has 0 spiro atoms. The van der Waals surface area contributed by atoms with Gasteiger partial charge in [-0.05, 0) is 68.0 Å². The standard InChI is InChI=1S/C15H22ClNOS/c1-3-17-10-4-5-14(17)8-7-13-11-12(2)6-9-15(13)19(16)18/h6,9,11,14H,3-5,7-8,10H2,1-2H3/t14-,19?/m0/s1. The van der Waals surface area contributed by atoms with Gasteiger partial charge in [0.2, 0.25) is 0 Å². The van der Waals surface area contributed by atoms with Crippen molar-refractivity contribution in [3.63, 3.8) is 0 Å². The van der Waals surface area contributed by atoms with E-state index in [0.717, 1.165) is 29.8 Å². The van der Waals surface area contributed by atoms with Gasteiger partial charge in [-0.25, -0.2) is 4.21 Å². The molecule has 1 fully saturated rings. The van der Waals surface area contributed by atoms with Crippen molar-refractivity contribution in [2.24, 2.45) is 0 Å². The number of aryl methyl sites for hydroxylation is 2. The van der Waals surface area contributed by atoms with Crippen molar-refractivity contribution in [1.29, 1.82) is 0 Å². The normalized spacial score (nSPS) is 21.7. The maximum absolute atomic E-state index is 11.6. The largest absolute Gasteiger partial charge is 0.301 e. The number of benzene rings is 1. The zero-order valence-electron chi connectivity index (χ0n) is 11.7. The number of hydrogen-bond donors (Lipinski definition) is 0. The first-order valence-electron chi connectivity index (χ1n) is 7.03. The Kier molecular flexibility index (Phi) is 5.43. The zero-order chi connectivity index (χ0) is 13.8. The van der Waals surface area contributed by atoms with E-state index in [0.29, 0.717) is 6.04 Å². The van der Waals surface area contributed by atoms with E-state index < -0.39 is 10.0 Å². The van der Waals surface area contributed by atoms with Crippen molar-refractivity contribution in [3.05, 3.63) is 29.3 Å². The Bertz CT molecular complexity index is 463. The molecule has 1 aliphatic rings. The van der Waals surface area contributed by atoms with Gasteiger partial charge in [0, 0.05) is 6.04 Å². The van der Waals surface area contributed by atoms with E-state index >= 15 is 0 Å². The molecule has 1 saturated heterocycles. The lowest BCUT2D eigenvalue weighted by Gasteiger charge is -2.23. The van der Waals surface area contributed by atoms with Crippen LogP contribution in [0.4, 0.5) is 0 Å². The topological polar surface area (TPSA) is 20.3 Å². The van der Waals surface area contributed by atoms with Crippen LogP contribution in [0.1, 0.15) is 37.3 Å². The summed E-state index contributed by atoms with van der Waals surface area (Å²) in [6.07, 6.45) is 4.70. The van der Waals surface area contributed by atoms with Gasteiger partial charge in [0.1, 0.15) is 10.0 Å². The second kappa shape index (κ2) is 6.87. The molecule has 1 unspecified atom stereocenters. The smallest absolute Gasteiger partial charge is 0.147 e. The Labute approximate surface area is 123 Å². The van der Waals surface area contributed by atoms with E-state index in [1.54, 1.807) is 0 Å². The minimum absolute atomic E-state index is 0.683. The monoisotopic (exact) mass is 299 g/mol. The minimum Gasteiger partial charge on any atom is -0.301 e. The molecule has 19 heavy (non-hydrogen) atoms. The molecule has 2 atom stereocenters. The number of nitrogens with zero attached hydrogens (tertiary/aromatic N) is 1. The lowest BCUT2D eigenvalue weighted by molar-refractivity contribution is 0.255. The van der Waals surface area contributed by atoms with Crippen LogP contribution in [-0.4, -0.2) is 28.2 Å². The third-order valence-electron chi connectivity index (χ3n) is 4.04. The molecule has 106 valence electrons. The van der Waals surface area contributed by atoms with Crippen LogP contribution in [0.15, 0.2) is 23.1 Å². The molecule has 1 aliphatic heterocycles. The first-order chi connectivity index (χ1) is 9.11. The SMILES string of the molecule is CCN1CCC[C@H]1CCc1cc(C)ccc1S(=O)Cl. The second-order valence-electron chi connectivity index (χ2n) is 5.30. The molecule has 1 aromatic rings. The number of rotatable bonds is 5. The van der Waals surface area contributed by atoms with Gasteiger partial charge in [-0.1, -0.05) is 24.6 Å². The fourth-order valence-electron chi connectivity index (χ4n) is 3.02. The van der Waals surface area contributed by atoms with Crippen LogP contribution in [0.2, 0.25) is 0 Å². The molecule has 0 N–H and O–H groups in total. The van der Waals surface area contributed by atoms with Crippen molar-refractivity contribution < 1.29 is 4.21 Å². The third kappa shape index (κ3) is 3.80.